The fourth-order valence-corrected chi connectivity index (χ4v) is 4.45. The fraction of sp³-hybridized carbons (Fsp3) is 0.370. The monoisotopic (exact) mass is 445 g/mol. The first-order valence-corrected chi connectivity index (χ1v) is 11.5. The number of amides is 2. The molecule has 33 heavy (non-hydrogen) atoms. The van der Waals surface area contributed by atoms with Crippen LogP contribution in [0.2, 0.25) is 0 Å². The standard InChI is InChI=1S/C27H31N3O3/c1-17(2)13-20-5-7-21(8-6-20)27(32)30-11-9-24-22(16-30)14-28-18(3)25(24)15-29-26(31)23-10-12-33-19(23)4/h5-8,10,12,14,17H,9,11,13,15-16H2,1-4H3,(H,29,31). The lowest BCUT2D eigenvalue weighted by molar-refractivity contribution is 0.0734. The van der Waals surface area contributed by atoms with Gasteiger partial charge < -0.3 is 14.6 Å². The van der Waals surface area contributed by atoms with Crippen LogP contribution in [0.3, 0.4) is 0 Å². The molecule has 0 bridgehead atoms. The van der Waals surface area contributed by atoms with Gasteiger partial charge in [0.1, 0.15) is 5.76 Å². The lowest BCUT2D eigenvalue weighted by Gasteiger charge is -2.30. The third-order valence-corrected chi connectivity index (χ3v) is 6.26. The molecule has 0 atom stereocenters. The second-order valence-corrected chi connectivity index (χ2v) is 9.17. The Balaban J connectivity index is 1.46. The molecule has 1 N–H and O–H groups in total. The largest absolute Gasteiger partial charge is 0.469 e. The molecule has 0 radical (unpaired) electrons. The number of carbonyl (C=O) groups excluding carboxylic acids is 2. The summed E-state index contributed by atoms with van der Waals surface area (Å²) >= 11 is 0. The summed E-state index contributed by atoms with van der Waals surface area (Å²) in [5, 5.41) is 2.99. The van der Waals surface area contributed by atoms with E-state index in [1.807, 2.05) is 30.2 Å². The van der Waals surface area contributed by atoms with Gasteiger partial charge in [-0.25, -0.2) is 0 Å². The Bertz CT molecular complexity index is 1160. The van der Waals surface area contributed by atoms with Crippen LogP contribution in [0.1, 0.15) is 68.3 Å². The van der Waals surface area contributed by atoms with E-state index in [0.717, 1.165) is 29.7 Å². The molecule has 3 heterocycles. The quantitative estimate of drug-likeness (QED) is 0.601. The Labute approximate surface area is 195 Å². The summed E-state index contributed by atoms with van der Waals surface area (Å²) in [6.07, 6.45) is 5.13. The number of nitrogens with zero attached hydrogens (tertiary/aromatic N) is 2. The number of rotatable bonds is 6. The Morgan fingerprint density at radius 3 is 2.58 bits per heavy atom. The van der Waals surface area contributed by atoms with E-state index in [1.165, 1.54) is 17.4 Å². The number of fused-ring (bicyclic) bond motifs is 1. The Kier molecular flexibility index (Phi) is 6.63. The van der Waals surface area contributed by atoms with Crippen LogP contribution in [0.15, 0.2) is 47.2 Å². The summed E-state index contributed by atoms with van der Waals surface area (Å²) in [5.74, 6) is 1.07. The van der Waals surface area contributed by atoms with Crippen molar-refractivity contribution < 1.29 is 14.0 Å². The van der Waals surface area contributed by atoms with E-state index in [-0.39, 0.29) is 11.8 Å². The molecule has 4 rings (SSSR count). The van der Waals surface area contributed by atoms with E-state index in [2.05, 4.69) is 36.3 Å². The van der Waals surface area contributed by atoms with Gasteiger partial charge in [0.05, 0.1) is 11.8 Å². The third kappa shape index (κ3) is 5.00. The number of benzene rings is 1. The SMILES string of the molecule is Cc1ncc2c(c1CNC(=O)c1ccoc1C)CCN(C(=O)c1ccc(CC(C)C)cc1)C2. The van der Waals surface area contributed by atoms with Gasteiger partial charge in [0.25, 0.3) is 11.8 Å². The van der Waals surface area contributed by atoms with Crippen molar-refractivity contribution in [2.45, 2.75) is 53.6 Å². The first-order chi connectivity index (χ1) is 15.8. The first kappa shape index (κ1) is 22.8. The molecule has 0 spiro atoms. The molecule has 6 heteroatoms. The second-order valence-electron chi connectivity index (χ2n) is 9.17. The zero-order valence-corrected chi connectivity index (χ0v) is 19.8. The van der Waals surface area contributed by atoms with E-state index in [9.17, 15) is 9.59 Å². The zero-order valence-electron chi connectivity index (χ0n) is 19.8. The lowest BCUT2D eigenvalue weighted by atomic mass is 9.94. The van der Waals surface area contributed by atoms with Crippen LogP contribution in [-0.2, 0) is 25.9 Å². The van der Waals surface area contributed by atoms with E-state index >= 15 is 0 Å². The molecule has 172 valence electrons. The van der Waals surface area contributed by atoms with Gasteiger partial charge >= 0.3 is 0 Å². The summed E-state index contributed by atoms with van der Waals surface area (Å²) in [6, 6.07) is 9.65. The molecule has 2 aromatic heterocycles. The summed E-state index contributed by atoms with van der Waals surface area (Å²) in [7, 11) is 0. The molecular formula is C27H31N3O3. The average molecular weight is 446 g/mol. The summed E-state index contributed by atoms with van der Waals surface area (Å²) in [5.41, 5.74) is 6.67. The zero-order chi connectivity index (χ0) is 23.5. The number of nitrogens with one attached hydrogen (secondary N) is 1. The predicted octanol–water partition coefficient (Wildman–Crippen LogP) is 4.62. The maximum absolute atomic E-state index is 13.1. The highest BCUT2D eigenvalue weighted by atomic mass is 16.3. The van der Waals surface area contributed by atoms with Gasteiger partial charge in [0, 0.05) is 37.1 Å². The van der Waals surface area contributed by atoms with Crippen LogP contribution in [-0.4, -0.2) is 28.2 Å². The van der Waals surface area contributed by atoms with E-state index in [4.69, 9.17) is 4.42 Å². The van der Waals surface area contributed by atoms with Crippen molar-refractivity contribution in [1.29, 1.82) is 0 Å². The van der Waals surface area contributed by atoms with Gasteiger partial charge in [-0.1, -0.05) is 26.0 Å². The van der Waals surface area contributed by atoms with Crippen LogP contribution < -0.4 is 5.32 Å². The van der Waals surface area contributed by atoms with Crippen molar-refractivity contribution in [3.05, 3.63) is 87.6 Å². The van der Waals surface area contributed by atoms with Gasteiger partial charge in [0.15, 0.2) is 0 Å². The van der Waals surface area contributed by atoms with Crippen LogP contribution >= 0.6 is 0 Å². The number of hydrogen-bond donors (Lipinski definition) is 1. The van der Waals surface area contributed by atoms with Crippen molar-refractivity contribution >= 4 is 11.8 Å². The molecule has 0 aliphatic carbocycles. The minimum absolute atomic E-state index is 0.0441. The van der Waals surface area contributed by atoms with Gasteiger partial charge in [-0.3, -0.25) is 14.6 Å². The van der Waals surface area contributed by atoms with Crippen LogP contribution in [0, 0.1) is 19.8 Å². The van der Waals surface area contributed by atoms with Crippen LogP contribution in [0.25, 0.3) is 0 Å². The number of aryl methyl sites for hydroxylation is 2. The molecule has 2 amide bonds. The topological polar surface area (TPSA) is 75.4 Å². The summed E-state index contributed by atoms with van der Waals surface area (Å²) in [4.78, 5) is 32.1. The van der Waals surface area contributed by atoms with Crippen molar-refractivity contribution in [1.82, 2.24) is 15.2 Å². The highest BCUT2D eigenvalue weighted by Gasteiger charge is 2.25. The number of carbonyl (C=O) groups is 2. The molecule has 0 unspecified atom stereocenters. The normalized spacial score (nSPS) is 13.2. The van der Waals surface area contributed by atoms with E-state index in [1.54, 1.807) is 13.0 Å². The molecule has 0 saturated heterocycles. The molecule has 1 aliphatic rings. The molecule has 6 nitrogen and oxygen atoms in total. The Morgan fingerprint density at radius 2 is 1.91 bits per heavy atom. The molecule has 0 fully saturated rings. The smallest absolute Gasteiger partial charge is 0.255 e. The van der Waals surface area contributed by atoms with Gasteiger partial charge in [0.2, 0.25) is 0 Å². The number of pyridine rings is 1. The van der Waals surface area contributed by atoms with E-state index in [0.29, 0.717) is 42.4 Å². The summed E-state index contributed by atoms with van der Waals surface area (Å²) < 4.78 is 5.24. The minimum atomic E-state index is -0.160. The predicted molar refractivity (Wildman–Crippen MR) is 127 cm³/mol. The van der Waals surface area contributed by atoms with Gasteiger partial charge in [-0.05, 0) is 73.1 Å². The van der Waals surface area contributed by atoms with Crippen molar-refractivity contribution in [3.8, 4) is 0 Å². The lowest BCUT2D eigenvalue weighted by Crippen LogP contribution is -2.37. The molecule has 3 aromatic rings. The highest BCUT2D eigenvalue weighted by molar-refractivity contribution is 5.95. The van der Waals surface area contributed by atoms with Crippen molar-refractivity contribution in [3.63, 3.8) is 0 Å². The first-order valence-electron chi connectivity index (χ1n) is 11.5. The average Bonchev–Trinajstić information content (AvgIpc) is 3.23. The van der Waals surface area contributed by atoms with Gasteiger partial charge in [-0.2, -0.15) is 0 Å². The molecular weight excluding hydrogens is 414 g/mol. The second kappa shape index (κ2) is 9.61. The highest BCUT2D eigenvalue weighted by Crippen LogP contribution is 2.25. The Hall–Kier alpha value is -3.41. The number of aromatic nitrogens is 1. The molecule has 1 aliphatic heterocycles. The maximum Gasteiger partial charge on any atom is 0.255 e. The maximum atomic E-state index is 13.1. The molecule has 1 aromatic carbocycles. The van der Waals surface area contributed by atoms with Crippen molar-refractivity contribution in [2.24, 2.45) is 5.92 Å². The Morgan fingerprint density at radius 1 is 1.15 bits per heavy atom. The summed E-state index contributed by atoms with van der Waals surface area (Å²) in [6.45, 7) is 9.69. The third-order valence-electron chi connectivity index (χ3n) is 6.26. The van der Waals surface area contributed by atoms with Crippen LogP contribution in [0.5, 0.6) is 0 Å². The number of hydrogen-bond acceptors (Lipinski definition) is 4. The minimum Gasteiger partial charge on any atom is -0.469 e. The van der Waals surface area contributed by atoms with E-state index < -0.39 is 0 Å². The van der Waals surface area contributed by atoms with Gasteiger partial charge in [-0.15, -0.1) is 0 Å². The number of furan rings is 1. The van der Waals surface area contributed by atoms with Crippen molar-refractivity contribution in [2.75, 3.05) is 6.54 Å². The van der Waals surface area contributed by atoms with Crippen LogP contribution in [0.4, 0.5) is 0 Å². The molecule has 0 saturated carbocycles. The fourth-order valence-electron chi connectivity index (χ4n) is 4.45.